The monoisotopic (exact) mass is 270 g/mol. The zero-order valence-electron chi connectivity index (χ0n) is 11.4. The van der Waals surface area contributed by atoms with Crippen LogP contribution in [0.4, 0.5) is 0 Å². The lowest BCUT2D eigenvalue weighted by Crippen LogP contribution is -2.25. The molecule has 1 aliphatic carbocycles. The third-order valence-electron chi connectivity index (χ3n) is 3.65. The van der Waals surface area contributed by atoms with Gasteiger partial charge in [-0.3, -0.25) is 4.79 Å². The van der Waals surface area contributed by atoms with Crippen molar-refractivity contribution in [2.75, 3.05) is 6.54 Å². The Kier molecular flexibility index (Phi) is 3.76. The average Bonchev–Trinajstić information content (AvgIpc) is 2.95. The van der Waals surface area contributed by atoms with Crippen molar-refractivity contribution in [1.82, 2.24) is 20.3 Å². The zero-order chi connectivity index (χ0) is 13.8. The van der Waals surface area contributed by atoms with E-state index in [1.165, 1.54) is 31.3 Å². The molecule has 0 saturated heterocycles. The first-order valence-electron chi connectivity index (χ1n) is 7.08. The molecule has 0 unspecified atom stereocenters. The number of nitrogens with zero attached hydrogens (tertiary/aromatic N) is 2. The van der Waals surface area contributed by atoms with Gasteiger partial charge in [0.1, 0.15) is 0 Å². The van der Waals surface area contributed by atoms with Crippen LogP contribution in [0, 0.1) is 0 Å². The molecule has 2 N–H and O–H groups in total. The van der Waals surface area contributed by atoms with Gasteiger partial charge < -0.3 is 10.3 Å². The highest BCUT2D eigenvalue weighted by Gasteiger charge is 2.09. The van der Waals surface area contributed by atoms with Gasteiger partial charge in [-0.1, -0.05) is 11.6 Å². The molecule has 2 aromatic rings. The van der Waals surface area contributed by atoms with Crippen LogP contribution in [0.5, 0.6) is 0 Å². The summed E-state index contributed by atoms with van der Waals surface area (Å²) in [5, 5.41) is 2.95. The third kappa shape index (κ3) is 2.87. The fourth-order valence-electron chi connectivity index (χ4n) is 2.52. The van der Waals surface area contributed by atoms with Crippen molar-refractivity contribution in [1.29, 1.82) is 0 Å². The lowest BCUT2D eigenvalue weighted by Gasteiger charge is -2.12. The van der Waals surface area contributed by atoms with Crippen LogP contribution in [0.1, 0.15) is 42.5 Å². The van der Waals surface area contributed by atoms with Crippen LogP contribution in [0.25, 0.3) is 11.2 Å². The van der Waals surface area contributed by atoms with Crippen molar-refractivity contribution in [3.63, 3.8) is 0 Å². The van der Waals surface area contributed by atoms with E-state index in [1.807, 2.05) is 0 Å². The van der Waals surface area contributed by atoms with E-state index in [4.69, 9.17) is 0 Å². The van der Waals surface area contributed by atoms with Gasteiger partial charge in [0, 0.05) is 12.7 Å². The minimum atomic E-state index is -0.0783. The lowest BCUT2D eigenvalue weighted by molar-refractivity contribution is 0.0954. The fraction of sp³-hybridized carbons (Fsp3) is 0.400. The molecule has 0 bridgehead atoms. The van der Waals surface area contributed by atoms with Gasteiger partial charge in [0.15, 0.2) is 5.65 Å². The minimum Gasteiger partial charge on any atom is -0.352 e. The van der Waals surface area contributed by atoms with Gasteiger partial charge in [-0.2, -0.15) is 0 Å². The van der Waals surface area contributed by atoms with Gasteiger partial charge in [0.25, 0.3) is 5.91 Å². The van der Waals surface area contributed by atoms with Crippen LogP contribution < -0.4 is 5.32 Å². The van der Waals surface area contributed by atoms with Crippen molar-refractivity contribution in [2.24, 2.45) is 0 Å². The molecule has 0 radical (unpaired) electrons. The van der Waals surface area contributed by atoms with E-state index in [0.717, 1.165) is 11.9 Å². The summed E-state index contributed by atoms with van der Waals surface area (Å²) in [6.45, 7) is 0.686. The number of carbonyl (C=O) groups excluding carboxylic acids is 1. The number of hydrogen-bond donors (Lipinski definition) is 2. The number of fused-ring (bicyclic) bond motifs is 1. The van der Waals surface area contributed by atoms with Crippen molar-refractivity contribution < 1.29 is 4.79 Å². The molecule has 2 aromatic heterocycles. The number of aromatic amines is 1. The van der Waals surface area contributed by atoms with E-state index in [1.54, 1.807) is 18.6 Å². The second kappa shape index (κ2) is 5.86. The number of pyridine rings is 1. The lowest BCUT2D eigenvalue weighted by atomic mass is 9.97. The quantitative estimate of drug-likeness (QED) is 0.839. The number of carbonyl (C=O) groups is 1. The second-order valence-corrected chi connectivity index (χ2v) is 5.11. The van der Waals surface area contributed by atoms with Crippen molar-refractivity contribution in [3.05, 3.63) is 35.8 Å². The predicted octanol–water partition coefficient (Wildman–Crippen LogP) is 2.58. The number of imidazole rings is 1. The summed E-state index contributed by atoms with van der Waals surface area (Å²) < 4.78 is 0. The largest absolute Gasteiger partial charge is 0.352 e. The second-order valence-electron chi connectivity index (χ2n) is 5.11. The molecule has 1 amide bonds. The van der Waals surface area contributed by atoms with Crippen LogP contribution in [-0.2, 0) is 0 Å². The first kappa shape index (κ1) is 12.8. The van der Waals surface area contributed by atoms with E-state index in [2.05, 4.69) is 26.3 Å². The Labute approximate surface area is 117 Å². The molecule has 0 aromatic carbocycles. The Hall–Kier alpha value is -2.17. The maximum Gasteiger partial charge on any atom is 0.252 e. The van der Waals surface area contributed by atoms with Crippen LogP contribution >= 0.6 is 0 Å². The van der Waals surface area contributed by atoms with E-state index >= 15 is 0 Å². The first-order chi connectivity index (χ1) is 9.83. The molecule has 0 fully saturated rings. The average molecular weight is 270 g/mol. The Morgan fingerprint density at radius 1 is 1.35 bits per heavy atom. The van der Waals surface area contributed by atoms with Gasteiger partial charge >= 0.3 is 0 Å². The summed E-state index contributed by atoms with van der Waals surface area (Å²) in [7, 11) is 0. The van der Waals surface area contributed by atoms with E-state index in [0.29, 0.717) is 17.8 Å². The summed E-state index contributed by atoms with van der Waals surface area (Å²) in [6, 6.07) is 1.78. The third-order valence-corrected chi connectivity index (χ3v) is 3.65. The summed E-state index contributed by atoms with van der Waals surface area (Å²) in [6.07, 6.45) is 11.3. The number of rotatable bonds is 4. The van der Waals surface area contributed by atoms with Gasteiger partial charge in [-0.05, 0) is 38.2 Å². The predicted molar refractivity (Wildman–Crippen MR) is 77.4 cm³/mol. The topological polar surface area (TPSA) is 70.7 Å². The first-order valence-corrected chi connectivity index (χ1v) is 7.08. The van der Waals surface area contributed by atoms with Crippen LogP contribution in [0.15, 0.2) is 30.2 Å². The molecule has 20 heavy (non-hydrogen) atoms. The van der Waals surface area contributed by atoms with Crippen LogP contribution in [0.2, 0.25) is 0 Å². The molecular formula is C15H18N4O. The molecule has 0 spiro atoms. The highest BCUT2D eigenvalue weighted by molar-refractivity contribution is 5.96. The smallest absolute Gasteiger partial charge is 0.252 e. The Morgan fingerprint density at radius 2 is 2.30 bits per heavy atom. The van der Waals surface area contributed by atoms with Gasteiger partial charge in [0.05, 0.1) is 17.4 Å². The fourth-order valence-corrected chi connectivity index (χ4v) is 2.52. The molecular weight excluding hydrogens is 252 g/mol. The van der Waals surface area contributed by atoms with Crippen molar-refractivity contribution in [2.45, 2.75) is 32.1 Å². The molecule has 104 valence electrons. The molecule has 1 aliphatic rings. The number of aromatic nitrogens is 3. The van der Waals surface area contributed by atoms with E-state index in [9.17, 15) is 4.79 Å². The maximum atomic E-state index is 12.0. The molecule has 3 rings (SSSR count). The number of H-pyrrole nitrogens is 1. The molecule has 0 saturated carbocycles. The van der Waals surface area contributed by atoms with Crippen molar-refractivity contribution >= 4 is 17.1 Å². The molecule has 2 heterocycles. The maximum absolute atomic E-state index is 12.0. The normalized spacial score (nSPS) is 15.1. The number of allylic oxidation sites excluding steroid dienone is 1. The SMILES string of the molecule is O=C(NCCC1=CCCCC1)c1cnc2nc[nH]c2c1. The minimum absolute atomic E-state index is 0.0783. The van der Waals surface area contributed by atoms with Crippen LogP contribution in [0.3, 0.4) is 0 Å². The highest BCUT2D eigenvalue weighted by atomic mass is 16.1. The van der Waals surface area contributed by atoms with E-state index in [-0.39, 0.29) is 5.91 Å². The molecule has 5 nitrogen and oxygen atoms in total. The number of nitrogens with one attached hydrogen (secondary N) is 2. The Balaban J connectivity index is 1.57. The van der Waals surface area contributed by atoms with Gasteiger partial charge in [-0.15, -0.1) is 0 Å². The Bertz CT molecular complexity index is 644. The van der Waals surface area contributed by atoms with E-state index < -0.39 is 0 Å². The van der Waals surface area contributed by atoms with Crippen molar-refractivity contribution in [3.8, 4) is 0 Å². The summed E-state index contributed by atoms with van der Waals surface area (Å²) >= 11 is 0. The molecule has 0 aliphatic heterocycles. The van der Waals surface area contributed by atoms with Gasteiger partial charge in [0.2, 0.25) is 0 Å². The summed E-state index contributed by atoms with van der Waals surface area (Å²) in [4.78, 5) is 23.2. The van der Waals surface area contributed by atoms with Crippen LogP contribution in [-0.4, -0.2) is 27.4 Å². The number of hydrogen-bond acceptors (Lipinski definition) is 3. The molecule has 0 atom stereocenters. The highest BCUT2D eigenvalue weighted by Crippen LogP contribution is 2.19. The summed E-state index contributed by atoms with van der Waals surface area (Å²) in [5.74, 6) is -0.0783. The zero-order valence-corrected chi connectivity index (χ0v) is 11.4. The number of amides is 1. The summed E-state index contributed by atoms with van der Waals surface area (Å²) in [5.41, 5.74) is 3.46. The standard InChI is InChI=1S/C15H18N4O/c20-15(16-7-6-11-4-2-1-3-5-11)12-8-13-14(17-9-12)19-10-18-13/h4,8-10H,1-3,5-7H2,(H,16,20)(H,17,18,19). The van der Waals surface area contributed by atoms with Gasteiger partial charge in [-0.25, -0.2) is 9.97 Å². The molecule has 5 heteroatoms. The Morgan fingerprint density at radius 3 is 3.15 bits per heavy atom.